The number of amides is 1. The van der Waals surface area contributed by atoms with Crippen LogP contribution in [0.1, 0.15) is 44.7 Å². The van der Waals surface area contributed by atoms with Gasteiger partial charge in [-0.2, -0.15) is 5.26 Å². The molecule has 0 aromatic heterocycles. The fourth-order valence-corrected chi connectivity index (χ4v) is 3.36. The summed E-state index contributed by atoms with van der Waals surface area (Å²) in [6, 6.07) is 9.05. The quantitative estimate of drug-likeness (QED) is 0.901. The maximum atomic E-state index is 12.8. The summed E-state index contributed by atoms with van der Waals surface area (Å²) < 4.78 is 0. The highest BCUT2D eigenvalue weighted by atomic mass is 16.4. The number of carboxylic acid groups (broad SMARTS) is 1. The standard InChI is InChI=1S/C19H24N2O3/c1-13(11-14-6-8-15(12-20)9-7-14)17(22)21-10-4-5-16(21)19(2,3)18(23)24/h6-9,13,16H,4-5,10-11H2,1-3H3,(H,23,24). The molecule has 128 valence electrons. The van der Waals surface area contributed by atoms with E-state index in [4.69, 9.17) is 5.26 Å². The molecule has 1 aliphatic rings. The van der Waals surface area contributed by atoms with E-state index in [9.17, 15) is 14.7 Å². The van der Waals surface area contributed by atoms with Crippen LogP contribution in [0.15, 0.2) is 24.3 Å². The Morgan fingerprint density at radius 2 is 2.00 bits per heavy atom. The Morgan fingerprint density at radius 3 is 2.54 bits per heavy atom. The minimum absolute atomic E-state index is 0.0104. The third kappa shape index (κ3) is 3.59. The molecule has 1 aliphatic heterocycles. The van der Waals surface area contributed by atoms with Crippen molar-refractivity contribution in [2.75, 3.05) is 6.54 Å². The van der Waals surface area contributed by atoms with Crippen LogP contribution >= 0.6 is 0 Å². The zero-order valence-corrected chi connectivity index (χ0v) is 14.5. The average Bonchev–Trinajstić information content (AvgIpc) is 3.05. The third-order valence-electron chi connectivity index (χ3n) is 4.97. The number of carbonyl (C=O) groups is 2. The Kier molecular flexibility index (Phi) is 5.28. The number of hydrogen-bond donors (Lipinski definition) is 1. The van der Waals surface area contributed by atoms with Gasteiger partial charge in [-0.05, 0) is 50.8 Å². The van der Waals surface area contributed by atoms with Crippen molar-refractivity contribution < 1.29 is 14.7 Å². The third-order valence-corrected chi connectivity index (χ3v) is 4.97. The molecule has 0 aliphatic carbocycles. The maximum absolute atomic E-state index is 12.8. The van der Waals surface area contributed by atoms with Gasteiger partial charge in [0.1, 0.15) is 0 Å². The smallest absolute Gasteiger partial charge is 0.311 e. The first-order valence-electron chi connectivity index (χ1n) is 8.30. The van der Waals surface area contributed by atoms with E-state index in [2.05, 4.69) is 6.07 Å². The second-order valence-corrected chi connectivity index (χ2v) is 7.13. The number of carboxylic acids is 1. The van der Waals surface area contributed by atoms with Gasteiger partial charge in [0, 0.05) is 18.5 Å². The molecule has 1 saturated heterocycles. The van der Waals surface area contributed by atoms with Gasteiger partial charge in [0.15, 0.2) is 0 Å². The molecule has 1 heterocycles. The fraction of sp³-hybridized carbons (Fsp3) is 0.526. The summed E-state index contributed by atoms with van der Waals surface area (Å²) >= 11 is 0. The summed E-state index contributed by atoms with van der Waals surface area (Å²) in [7, 11) is 0. The summed E-state index contributed by atoms with van der Waals surface area (Å²) in [5.74, 6) is -1.08. The van der Waals surface area contributed by atoms with Gasteiger partial charge in [0.25, 0.3) is 0 Å². The van der Waals surface area contributed by atoms with Crippen molar-refractivity contribution in [2.45, 2.75) is 46.1 Å². The van der Waals surface area contributed by atoms with Gasteiger partial charge in [0.2, 0.25) is 5.91 Å². The first kappa shape index (κ1) is 18.0. The van der Waals surface area contributed by atoms with Crippen LogP contribution in [0.5, 0.6) is 0 Å². The first-order valence-corrected chi connectivity index (χ1v) is 8.30. The lowest BCUT2D eigenvalue weighted by Crippen LogP contribution is -2.49. The van der Waals surface area contributed by atoms with Crippen LogP contribution in [0.3, 0.4) is 0 Å². The van der Waals surface area contributed by atoms with Crippen LogP contribution in [-0.4, -0.2) is 34.5 Å². The predicted molar refractivity (Wildman–Crippen MR) is 90.2 cm³/mol. The maximum Gasteiger partial charge on any atom is 0.311 e. The van der Waals surface area contributed by atoms with E-state index in [1.807, 2.05) is 19.1 Å². The first-order chi connectivity index (χ1) is 11.3. The number of rotatable bonds is 5. The number of benzene rings is 1. The highest BCUT2D eigenvalue weighted by molar-refractivity contribution is 5.81. The normalized spacial score (nSPS) is 18.9. The highest BCUT2D eigenvalue weighted by Crippen LogP contribution is 2.34. The summed E-state index contributed by atoms with van der Waals surface area (Å²) in [5.41, 5.74) is 0.656. The van der Waals surface area contributed by atoms with Crippen molar-refractivity contribution in [2.24, 2.45) is 11.3 Å². The summed E-state index contributed by atoms with van der Waals surface area (Å²) in [5, 5.41) is 18.3. The highest BCUT2D eigenvalue weighted by Gasteiger charge is 2.45. The van der Waals surface area contributed by atoms with Gasteiger partial charge in [-0.3, -0.25) is 9.59 Å². The van der Waals surface area contributed by atoms with Crippen LogP contribution in [0.4, 0.5) is 0 Å². The molecule has 5 nitrogen and oxygen atoms in total. The van der Waals surface area contributed by atoms with Gasteiger partial charge in [0.05, 0.1) is 17.0 Å². The Hall–Kier alpha value is -2.35. The van der Waals surface area contributed by atoms with E-state index in [1.165, 1.54) is 0 Å². The van der Waals surface area contributed by atoms with Crippen molar-refractivity contribution in [3.8, 4) is 6.07 Å². The second-order valence-electron chi connectivity index (χ2n) is 7.13. The molecule has 0 saturated carbocycles. The van der Waals surface area contributed by atoms with Crippen molar-refractivity contribution in [1.29, 1.82) is 5.26 Å². The van der Waals surface area contributed by atoms with Crippen molar-refractivity contribution in [3.63, 3.8) is 0 Å². The van der Waals surface area contributed by atoms with Gasteiger partial charge in [-0.1, -0.05) is 19.1 Å². The lowest BCUT2D eigenvalue weighted by atomic mass is 9.82. The monoisotopic (exact) mass is 328 g/mol. The van der Waals surface area contributed by atoms with Crippen LogP contribution < -0.4 is 0 Å². The molecule has 0 radical (unpaired) electrons. The second kappa shape index (κ2) is 7.04. The fourth-order valence-electron chi connectivity index (χ4n) is 3.36. The Labute approximate surface area is 142 Å². The molecule has 2 atom stereocenters. The summed E-state index contributed by atoms with van der Waals surface area (Å²) in [4.78, 5) is 26.1. The molecular formula is C19H24N2O3. The molecule has 1 N–H and O–H groups in total. The van der Waals surface area contributed by atoms with Gasteiger partial charge < -0.3 is 10.0 Å². The minimum atomic E-state index is -0.944. The van der Waals surface area contributed by atoms with Crippen molar-refractivity contribution in [3.05, 3.63) is 35.4 Å². The van der Waals surface area contributed by atoms with E-state index in [0.29, 0.717) is 18.5 Å². The Bertz CT molecular complexity index is 658. The molecule has 2 rings (SSSR count). The molecule has 0 bridgehead atoms. The SMILES string of the molecule is CC(Cc1ccc(C#N)cc1)C(=O)N1CCCC1C(C)(C)C(=O)O. The number of carbonyl (C=O) groups excluding carboxylic acids is 1. The summed E-state index contributed by atoms with van der Waals surface area (Å²) in [6.07, 6.45) is 2.16. The number of nitriles is 1. The number of likely N-dealkylation sites (tertiary alicyclic amines) is 1. The zero-order valence-electron chi connectivity index (χ0n) is 14.5. The van der Waals surface area contributed by atoms with E-state index in [-0.39, 0.29) is 17.9 Å². The minimum Gasteiger partial charge on any atom is -0.481 e. The molecule has 1 fully saturated rings. The average molecular weight is 328 g/mol. The predicted octanol–water partition coefficient (Wildman–Crippen LogP) is 2.84. The van der Waals surface area contributed by atoms with Crippen LogP contribution in [0.2, 0.25) is 0 Å². The number of hydrogen-bond acceptors (Lipinski definition) is 3. The van der Waals surface area contributed by atoms with Gasteiger partial charge in [-0.15, -0.1) is 0 Å². The van der Waals surface area contributed by atoms with Crippen molar-refractivity contribution >= 4 is 11.9 Å². The van der Waals surface area contributed by atoms with E-state index >= 15 is 0 Å². The zero-order chi connectivity index (χ0) is 17.9. The Balaban J connectivity index is 2.09. The molecule has 2 unspecified atom stereocenters. The van der Waals surface area contributed by atoms with E-state index in [1.54, 1.807) is 30.9 Å². The van der Waals surface area contributed by atoms with Gasteiger partial charge in [-0.25, -0.2) is 0 Å². The van der Waals surface area contributed by atoms with Crippen LogP contribution in [0, 0.1) is 22.7 Å². The molecular weight excluding hydrogens is 304 g/mol. The molecule has 0 spiro atoms. The number of aliphatic carboxylic acids is 1. The lowest BCUT2D eigenvalue weighted by molar-refractivity contribution is -0.153. The lowest BCUT2D eigenvalue weighted by Gasteiger charge is -2.36. The van der Waals surface area contributed by atoms with E-state index < -0.39 is 11.4 Å². The van der Waals surface area contributed by atoms with Crippen LogP contribution in [-0.2, 0) is 16.0 Å². The molecule has 1 amide bonds. The molecule has 1 aromatic rings. The molecule has 24 heavy (non-hydrogen) atoms. The molecule has 5 heteroatoms. The van der Waals surface area contributed by atoms with Crippen LogP contribution in [0.25, 0.3) is 0 Å². The Morgan fingerprint density at radius 1 is 1.38 bits per heavy atom. The molecule has 1 aromatic carbocycles. The van der Waals surface area contributed by atoms with Gasteiger partial charge >= 0.3 is 5.97 Å². The van der Waals surface area contributed by atoms with Crippen molar-refractivity contribution in [1.82, 2.24) is 4.90 Å². The summed E-state index contributed by atoms with van der Waals surface area (Å²) in [6.45, 7) is 5.88. The largest absolute Gasteiger partial charge is 0.481 e. The topological polar surface area (TPSA) is 81.4 Å². The number of nitrogens with zero attached hydrogens (tertiary/aromatic N) is 2. The van der Waals surface area contributed by atoms with E-state index in [0.717, 1.165) is 18.4 Å².